The maximum Gasteiger partial charge on any atom is 0.573 e. The monoisotopic (exact) mass is 367 g/mol. The minimum atomic E-state index is -4.66. The van der Waals surface area contributed by atoms with Crippen molar-refractivity contribution in [2.45, 2.75) is 19.2 Å². The molecule has 2 heterocycles. The number of likely N-dealkylation sites (N-methyl/N-ethyl adjacent to an activating group) is 1. The Morgan fingerprint density at radius 3 is 2.35 bits per heavy atom. The summed E-state index contributed by atoms with van der Waals surface area (Å²) >= 11 is 0. The number of alkyl halides is 3. The number of aromatic nitrogens is 1. The van der Waals surface area contributed by atoms with E-state index in [0.717, 1.165) is 56.9 Å². The van der Waals surface area contributed by atoms with Gasteiger partial charge in [0.15, 0.2) is 0 Å². The van der Waals surface area contributed by atoms with Crippen molar-refractivity contribution in [2.75, 3.05) is 39.8 Å². The summed E-state index contributed by atoms with van der Waals surface area (Å²) in [4.78, 5) is 4.82. The smallest absolute Gasteiger partial charge is 0.406 e. The van der Waals surface area contributed by atoms with E-state index in [2.05, 4.69) is 27.7 Å². The first-order valence-electron chi connectivity index (χ1n) is 8.84. The van der Waals surface area contributed by atoms with Gasteiger partial charge in [0.05, 0.1) is 0 Å². The summed E-state index contributed by atoms with van der Waals surface area (Å²) < 4.78 is 42.7. The number of aryl methyl sites for hydroxylation is 1. The van der Waals surface area contributed by atoms with E-state index < -0.39 is 6.36 Å². The minimum absolute atomic E-state index is 0.204. The van der Waals surface area contributed by atoms with Crippen LogP contribution < -0.4 is 4.74 Å². The van der Waals surface area contributed by atoms with Crippen LogP contribution in [0.5, 0.6) is 5.75 Å². The molecule has 142 valence electrons. The van der Waals surface area contributed by atoms with Crippen LogP contribution in [0.3, 0.4) is 0 Å². The number of hydrogen-bond donors (Lipinski definition) is 0. The van der Waals surface area contributed by atoms with Gasteiger partial charge in [-0.25, -0.2) is 0 Å². The van der Waals surface area contributed by atoms with Crippen molar-refractivity contribution in [1.29, 1.82) is 0 Å². The fourth-order valence-corrected chi connectivity index (χ4v) is 3.24. The summed E-state index contributed by atoms with van der Waals surface area (Å²) in [5.74, 6) is -0.204. The molecule has 0 atom stereocenters. The van der Waals surface area contributed by atoms with Gasteiger partial charge in [-0.1, -0.05) is 0 Å². The first-order chi connectivity index (χ1) is 12.4. The van der Waals surface area contributed by atoms with Gasteiger partial charge in [0.25, 0.3) is 0 Å². The maximum absolute atomic E-state index is 12.3. The van der Waals surface area contributed by atoms with Gasteiger partial charge in [-0.05, 0) is 62.8 Å². The third kappa shape index (κ3) is 5.25. The Labute approximate surface area is 151 Å². The van der Waals surface area contributed by atoms with E-state index in [4.69, 9.17) is 0 Å². The SMILES string of the molecule is CN1CCN(CCCc2cccn2-c2ccc(OC(F)(F)F)cc2)CC1. The van der Waals surface area contributed by atoms with Gasteiger partial charge < -0.3 is 19.1 Å². The van der Waals surface area contributed by atoms with Crippen LogP contribution in [-0.4, -0.2) is 60.5 Å². The maximum atomic E-state index is 12.3. The van der Waals surface area contributed by atoms with E-state index in [-0.39, 0.29) is 5.75 Å². The number of ether oxygens (including phenoxy) is 1. The van der Waals surface area contributed by atoms with Crippen molar-refractivity contribution in [2.24, 2.45) is 0 Å². The molecule has 0 bridgehead atoms. The lowest BCUT2D eigenvalue weighted by atomic mass is 10.2. The molecule has 0 radical (unpaired) electrons. The van der Waals surface area contributed by atoms with Crippen molar-refractivity contribution in [3.8, 4) is 11.4 Å². The Morgan fingerprint density at radius 2 is 1.69 bits per heavy atom. The van der Waals surface area contributed by atoms with E-state index in [1.165, 1.54) is 12.1 Å². The van der Waals surface area contributed by atoms with E-state index in [9.17, 15) is 13.2 Å². The number of halogens is 3. The second-order valence-electron chi connectivity index (χ2n) is 6.66. The van der Waals surface area contributed by atoms with Crippen LogP contribution in [-0.2, 0) is 6.42 Å². The Balaban J connectivity index is 1.56. The molecule has 1 saturated heterocycles. The van der Waals surface area contributed by atoms with Gasteiger partial charge in [0.1, 0.15) is 5.75 Å². The highest BCUT2D eigenvalue weighted by Crippen LogP contribution is 2.24. The summed E-state index contributed by atoms with van der Waals surface area (Å²) in [6.45, 7) is 5.51. The molecule has 0 unspecified atom stereocenters. The van der Waals surface area contributed by atoms with Crippen molar-refractivity contribution in [3.05, 3.63) is 48.3 Å². The third-order valence-corrected chi connectivity index (χ3v) is 4.68. The second-order valence-corrected chi connectivity index (χ2v) is 6.66. The first kappa shape index (κ1) is 18.8. The van der Waals surface area contributed by atoms with Gasteiger partial charge in [0.2, 0.25) is 0 Å². The van der Waals surface area contributed by atoms with Crippen LogP contribution in [0.25, 0.3) is 5.69 Å². The molecule has 1 aromatic carbocycles. The summed E-state index contributed by atoms with van der Waals surface area (Å²) in [6, 6.07) is 10.00. The summed E-state index contributed by atoms with van der Waals surface area (Å²) in [7, 11) is 2.15. The highest BCUT2D eigenvalue weighted by Gasteiger charge is 2.31. The Kier molecular flexibility index (Phi) is 5.88. The molecule has 7 heteroatoms. The molecule has 0 N–H and O–H groups in total. The molecule has 1 fully saturated rings. The lowest BCUT2D eigenvalue weighted by Crippen LogP contribution is -2.44. The molecule has 1 aliphatic heterocycles. The fourth-order valence-electron chi connectivity index (χ4n) is 3.24. The molecule has 2 aromatic rings. The molecular formula is C19H24F3N3O. The van der Waals surface area contributed by atoms with Gasteiger partial charge >= 0.3 is 6.36 Å². The summed E-state index contributed by atoms with van der Waals surface area (Å²) in [5.41, 5.74) is 1.99. The van der Waals surface area contributed by atoms with E-state index in [1.54, 1.807) is 12.1 Å². The van der Waals surface area contributed by atoms with Crippen molar-refractivity contribution >= 4 is 0 Å². The topological polar surface area (TPSA) is 20.6 Å². The molecule has 0 saturated carbocycles. The van der Waals surface area contributed by atoms with Crippen molar-refractivity contribution in [1.82, 2.24) is 14.4 Å². The van der Waals surface area contributed by atoms with Crippen molar-refractivity contribution in [3.63, 3.8) is 0 Å². The summed E-state index contributed by atoms with van der Waals surface area (Å²) in [6.07, 6.45) is -0.739. The molecule has 0 spiro atoms. The molecule has 0 amide bonds. The molecule has 26 heavy (non-hydrogen) atoms. The van der Waals surface area contributed by atoms with Gasteiger partial charge in [-0.15, -0.1) is 13.2 Å². The Bertz CT molecular complexity index is 689. The average molecular weight is 367 g/mol. The Hall–Kier alpha value is -1.99. The second kappa shape index (κ2) is 8.14. The Morgan fingerprint density at radius 1 is 1.00 bits per heavy atom. The highest BCUT2D eigenvalue weighted by molar-refractivity contribution is 5.39. The van der Waals surface area contributed by atoms with Crippen LogP contribution >= 0.6 is 0 Å². The highest BCUT2D eigenvalue weighted by atomic mass is 19.4. The van der Waals surface area contributed by atoms with Crippen molar-refractivity contribution < 1.29 is 17.9 Å². The first-order valence-corrected chi connectivity index (χ1v) is 8.84. The molecule has 3 rings (SSSR count). The fraction of sp³-hybridized carbons (Fsp3) is 0.474. The summed E-state index contributed by atoms with van der Waals surface area (Å²) in [5, 5.41) is 0. The van der Waals surface area contributed by atoms with Crippen LogP contribution in [0.1, 0.15) is 12.1 Å². The molecule has 0 aliphatic carbocycles. The zero-order valence-electron chi connectivity index (χ0n) is 14.9. The zero-order valence-corrected chi connectivity index (χ0v) is 14.9. The molecule has 4 nitrogen and oxygen atoms in total. The normalized spacial score (nSPS) is 16.8. The standard InChI is InChI=1S/C19H24F3N3O/c1-23-12-14-24(15-13-23)10-2-4-16-5-3-11-25(16)17-6-8-18(9-7-17)26-19(20,21)22/h3,5-9,11H,2,4,10,12-15H2,1H3. The number of benzene rings is 1. The lowest BCUT2D eigenvalue weighted by Gasteiger charge is -2.32. The molecule has 1 aromatic heterocycles. The van der Waals surface area contributed by atoms with Gasteiger partial charge in [-0.3, -0.25) is 0 Å². The van der Waals surface area contributed by atoms with Crippen LogP contribution in [0.4, 0.5) is 13.2 Å². The number of rotatable bonds is 6. The molecular weight excluding hydrogens is 343 g/mol. The lowest BCUT2D eigenvalue weighted by molar-refractivity contribution is -0.274. The zero-order chi connectivity index (χ0) is 18.6. The predicted molar refractivity (Wildman–Crippen MR) is 94.7 cm³/mol. The number of nitrogens with zero attached hydrogens (tertiary/aromatic N) is 3. The van der Waals surface area contributed by atoms with E-state index in [1.807, 2.05) is 16.8 Å². The quantitative estimate of drug-likeness (QED) is 0.779. The predicted octanol–water partition coefficient (Wildman–Crippen LogP) is 3.56. The average Bonchev–Trinajstić information content (AvgIpc) is 3.04. The van der Waals surface area contributed by atoms with Crippen LogP contribution in [0, 0.1) is 0 Å². The minimum Gasteiger partial charge on any atom is -0.406 e. The molecule has 1 aliphatic rings. The third-order valence-electron chi connectivity index (χ3n) is 4.68. The van der Waals surface area contributed by atoms with Gasteiger partial charge in [0, 0.05) is 43.8 Å². The van der Waals surface area contributed by atoms with Gasteiger partial charge in [-0.2, -0.15) is 0 Å². The largest absolute Gasteiger partial charge is 0.573 e. The number of piperazine rings is 1. The van der Waals surface area contributed by atoms with E-state index >= 15 is 0 Å². The van der Waals surface area contributed by atoms with Crippen LogP contribution in [0.2, 0.25) is 0 Å². The van der Waals surface area contributed by atoms with Crippen LogP contribution in [0.15, 0.2) is 42.6 Å². The van der Waals surface area contributed by atoms with E-state index in [0.29, 0.717) is 0 Å². The number of hydrogen-bond acceptors (Lipinski definition) is 3.